The highest BCUT2D eigenvalue weighted by Crippen LogP contribution is 2.43. The molecule has 0 aromatic heterocycles. The van der Waals surface area contributed by atoms with Gasteiger partial charge in [-0.15, -0.1) is 0 Å². The summed E-state index contributed by atoms with van der Waals surface area (Å²) in [5.41, 5.74) is 0.510. The van der Waals surface area contributed by atoms with E-state index in [1.165, 1.54) is 5.19 Å². The average molecular weight is 408 g/mol. The highest BCUT2D eigenvalue weighted by molar-refractivity contribution is 6.98. The van der Waals surface area contributed by atoms with Crippen LogP contribution < -0.4 is 9.92 Å². The summed E-state index contributed by atoms with van der Waals surface area (Å²) >= 11 is 0. The Labute approximate surface area is 177 Å². The molecule has 2 aromatic carbocycles. The molecule has 1 fully saturated rings. The third kappa shape index (κ3) is 4.37. The zero-order chi connectivity index (χ0) is 21.3. The lowest BCUT2D eigenvalue weighted by Gasteiger charge is -2.32. The topological polar surface area (TPSA) is 27.7 Å². The molecule has 29 heavy (non-hydrogen) atoms. The van der Waals surface area contributed by atoms with Crippen LogP contribution in [0.3, 0.4) is 0 Å². The van der Waals surface area contributed by atoms with Crippen LogP contribution in [0, 0.1) is 0 Å². The second kappa shape index (κ2) is 8.13. The Balaban J connectivity index is 2.02. The minimum Gasteiger partial charge on any atom is -0.496 e. The monoisotopic (exact) mass is 408 g/mol. The zero-order valence-corrected chi connectivity index (χ0v) is 19.7. The molecule has 1 heterocycles. The lowest BCUT2D eigenvalue weighted by molar-refractivity contribution is 0.00578. The number of hydrogen-bond donors (Lipinski definition) is 0. The van der Waals surface area contributed by atoms with Crippen molar-refractivity contribution in [2.45, 2.75) is 57.4 Å². The van der Waals surface area contributed by atoms with Crippen molar-refractivity contribution in [2.75, 3.05) is 7.11 Å². The van der Waals surface area contributed by atoms with Crippen molar-refractivity contribution >= 4 is 26.5 Å². The summed E-state index contributed by atoms with van der Waals surface area (Å²) in [5.74, 6) is 0.871. The fourth-order valence-electron chi connectivity index (χ4n) is 3.78. The van der Waals surface area contributed by atoms with Gasteiger partial charge >= 0.3 is 7.12 Å². The molecule has 3 rings (SSSR count). The molecule has 0 spiro atoms. The van der Waals surface area contributed by atoms with E-state index in [0.717, 1.165) is 11.3 Å². The van der Waals surface area contributed by atoms with Crippen LogP contribution >= 0.6 is 0 Å². The average Bonchev–Trinajstić information content (AvgIpc) is 2.89. The lowest BCUT2D eigenvalue weighted by atomic mass is 9.83. The van der Waals surface area contributed by atoms with Gasteiger partial charge < -0.3 is 14.0 Å². The van der Waals surface area contributed by atoms with Crippen LogP contribution in [0.4, 0.5) is 0 Å². The minimum atomic E-state index is -1.96. The summed E-state index contributed by atoms with van der Waals surface area (Å²) < 4.78 is 18.6. The number of hydrogen-bond acceptors (Lipinski definition) is 3. The van der Waals surface area contributed by atoms with Crippen LogP contribution in [-0.2, 0) is 9.31 Å². The van der Waals surface area contributed by atoms with E-state index in [1.54, 1.807) is 7.11 Å². The van der Waals surface area contributed by atoms with Gasteiger partial charge in [0.15, 0.2) is 0 Å². The third-order valence-corrected chi connectivity index (χ3v) is 10.5. The number of benzene rings is 2. The summed E-state index contributed by atoms with van der Waals surface area (Å²) in [6.07, 6.45) is 4.44. The summed E-state index contributed by atoms with van der Waals surface area (Å²) in [7, 11) is -0.533. The zero-order valence-electron chi connectivity index (χ0n) is 18.7. The third-order valence-electron chi connectivity index (χ3n) is 6.54. The van der Waals surface area contributed by atoms with Crippen LogP contribution in [-0.4, -0.2) is 33.5 Å². The molecule has 0 bridgehead atoms. The normalized spacial score (nSPS) is 19.5. The molecule has 5 heteroatoms. The van der Waals surface area contributed by atoms with Crippen molar-refractivity contribution in [3.8, 4) is 5.75 Å². The van der Waals surface area contributed by atoms with E-state index in [1.807, 2.05) is 18.2 Å². The van der Waals surface area contributed by atoms with Crippen molar-refractivity contribution in [1.29, 1.82) is 0 Å². The van der Waals surface area contributed by atoms with E-state index in [-0.39, 0.29) is 23.8 Å². The smallest absolute Gasteiger partial charge is 0.462 e. The van der Waals surface area contributed by atoms with Gasteiger partial charge in [-0.2, -0.15) is 0 Å². The van der Waals surface area contributed by atoms with Gasteiger partial charge in [0.1, 0.15) is 5.75 Å². The van der Waals surface area contributed by atoms with E-state index in [9.17, 15) is 0 Å². The molecule has 0 radical (unpaired) electrons. The van der Waals surface area contributed by atoms with Gasteiger partial charge in [-0.3, -0.25) is 0 Å². The quantitative estimate of drug-likeness (QED) is 0.605. The predicted molar refractivity (Wildman–Crippen MR) is 125 cm³/mol. The van der Waals surface area contributed by atoms with Crippen molar-refractivity contribution in [3.05, 3.63) is 66.2 Å². The Hall–Kier alpha value is -1.82. The van der Waals surface area contributed by atoms with Gasteiger partial charge in [0.25, 0.3) is 0 Å². The van der Waals surface area contributed by atoms with Crippen LogP contribution in [0.15, 0.2) is 60.7 Å². The van der Waals surface area contributed by atoms with Crippen molar-refractivity contribution in [2.24, 2.45) is 0 Å². The molecule has 1 aliphatic heterocycles. The van der Waals surface area contributed by atoms with E-state index < -0.39 is 8.07 Å². The fraction of sp³-hybridized carbons (Fsp3) is 0.417. The fourth-order valence-corrected chi connectivity index (χ4v) is 6.61. The first-order valence-electron chi connectivity index (χ1n) is 10.3. The Bertz CT molecular complexity index is 845. The molecule has 0 aliphatic carbocycles. The number of methoxy groups -OCH3 is 1. The Morgan fingerprint density at radius 1 is 0.897 bits per heavy atom. The lowest BCUT2D eigenvalue weighted by Crippen LogP contribution is -2.51. The molecular formula is C24H33BO3Si. The molecule has 2 aromatic rings. The maximum absolute atomic E-state index is 6.51. The van der Waals surface area contributed by atoms with E-state index in [2.05, 4.69) is 89.3 Å². The minimum absolute atomic E-state index is 0.149. The molecule has 1 atom stereocenters. The van der Waals surface area contributed by atoms with Gasteiger partial charge in [0.05, 0.1) is 26.4 Å². The first-order chi connectivity index (χ1) is 13.6. The second-order valence-corrected chi connectivity index (χ2v) is 14.0. The van der Waals surface area contributed by atoms with Crippen LogP contribution in [0.2, 0.25) is 18.5 Å². The second-order valence-electron chi connectivity index (χ2n) is 9.34. The Kier molecular flexibility index (Phi) is 6.14. The predicted octanol–water partition coefficient (Wildman–Crippen LogP) is 5.33. The first kappa shape index (κ1) is 21.9. The first-order valence-corrected chi connectivity index (χ1v) is 13.4. The number of rotatable bonds is 6. The molecule has 1 aliphatic rings. The Morgan fingerprint density at radius 2 is 1.45 bits per heavy atom. The largest absolute Gasteiger partial charge is 0.496 e. The van der Waals surface area contributed by atoms with Gasteiger partial charge in [0, 0.05) is 11.0 Å². The molecule has 154 valence electrons. The summed E-state index contributed by atoms with van der Waals surface area (Å²) in [5, 5.41) is 1.39. The van der Waals surface area contributed by atoms with Crippen molar-refractivity contribution in [1.82, 2.24) is 0 Å². The van der Waals surface area contributed by atoms with Gasteiger partial charge in [0.2, 0.25) is 0 Å². The maximum atomic E-state index is 6.51. The molecule has 1 saturated heterocycles. The number of para-hydroxylation sites is 1. The highest BCUT2D eigenvalue weighted by Gasteiger charge is 2.56. The van der Waals surface area contributed by atoms with Crippen molar-refractivity contribution in [3.63, 3.8) is 0 Å². The molecule has 0 N–H and O–H groups in total. The summed E-state index contributed by atoms with van der Waals surface area (Å²) in [6.45, 7) is 13.3. The van der Waals surface area contributed by atoms with Gasteiger partial charge in [-0.05, 0) is 33.8 Å². The van der Waals surface area contributed by atoms with E-state index in [4.69, 9.17) is 14.0 Å². The van der Waals surface area contributed by atoms with Gasteiger partial charge in [-0.25, -0.2) is 0 Å². The van der Waals surface area contributed by atoms with Crippen LogP contribution in [0.5, 0.6) is 5.75 Å². The van der Waals surface area contributed by atoms with Crippen molar-refractivity contribution < 1.29 is 14.0 Å². The molecular weight excluding hydrogens is 375 g/mol. The molecule has 1 unspecified atom stereocenters. The summed E-state index contributed by atoms with van der Waals surface area (Å²) in [4.78, 5) is 0. The molecule has 0 amide bonds. The standard InChI is InChI=1S/C24H33BO3Si/c1-23(2)24(3,4)28-25(27-23)22(29(6,7)20-14-9-8-10-15-20)18-17-19-13-11-12-16-21(19)26-5/h8-18,22H,1-7H3/b18-17+. The Morgan fingerprint density at radius 3 is 2.03 bits per heavy atom. The maximum Gasteiger partial charge on any atom is 0.462 e. The number of ether oxygens (including phenoxy) is 1. The van der Waals surface area contributed by atoms with E-state index >= 15 is 0 Å². The number of allylic oxidation sites excluding steroid dienone is 1. The molecule has 0 saturated carbocycles. The highest BCUT2D eigenvalue weighted by atomic mass is 28.3. The van der Waals surface area contributed by atoms with E-state index in [0.29, 0.717) is 0 Å². The summed E-state index contributed by atoms with van der Waals surface area (Å²) in [6, 6.07) is 18.9. The SMILES string of the molecule is COc1ccccc1/C=C/C(B1OC(C)(C)C(C)(C)O1)[Si](C)(C)c1ccccc1. The van der Waals surface area contributed by atoms with Crippen LogP contribution in [0.25, 0.3) is 6.08 Å². The van der Waals surface area contributed by atoms with Crippen LogP contribution in [0.1, 0.15) is 33.3 Å². The molecule has 3 nitrogen and oxygen atoms in total. The van der Waals surface area contributed by atoms with Gasteiger partial charge in [-0.1, -0.05) is 79.0 Å².